The molecular weight excluding hydrogens is 308 g/mol. The van der Waals surface area contributed by atoms with Crippen molar-refractivity contribution in [1.82, 2.24) is 5.32 Å². The molecule has 0 saturated carbocycles. The molecule has 1 aliphatic rings. The molecule has 19 heavy (non-hydrogen) atoms. The molecule has 1 saturated heterocycles. The van der Waals surface area contributed by atoms with Gasteiger partial charge in [-0.05, 0) is 35.0 Å². The van der Waals surface area contributed by atoms with Crippen LogP contribution in [0, 0.1) is 0 Å². The van der Waals surface area contributed by atoms with Gasteiger partial charge in [0.1, 0.15) is 6.54 Å². The Morgan fingerprint density at radius 3 is 2.63 bits per heavy atom. The van der Waals surface area contributed by atoms with Gasteiger partial charge in [-0.2, -0.15) is 0 Å². The van der Waals surface area contributed by atoms with Crippen LogP contribution in [0.3, 0.4) is 0 Å². The topological polar surface area (TPSA) is 49.4 Å². The first-order valence-electron chi connectivity index (χ1n) is 5.90. The van der Waals surface area contributed by atoms with Crippen LogP contribution in [0.25, 0.3) is 10.8 Å². The lowest BCUT2D eigenvalue weighted by Crippen LogP contribution is -2.51. The molecule has 5 heteroatoms. The molecule has 0 aromatic heterocycles. The van der Waals surface area contributed by atoms with Gasteiger partial charge in [-0.1, -0.05) is 28.1 Å². The number of anilines is 1. The lowest BCUT2D eigenvalue weighted by Gasteiger charge is -2.26. The summed E-state index contributed by atoms with van der Waals surface area (Å²) in [6.07, 6.45) is 0. The zero-order chi connectivity index (χ0) is 13.4. The van der Waals surface area contributed by atoms with E-state index in [4.69, 9.17) is 0 Å². The highest BCUT2D eigenvalue weighted by Gasteiger charge is 2.24. The van der Waals surface area contributed by atoms with Crippen molar-refractivity contribution in [3.63, 3.8) is 0 Å². The third kappa shape index (κ3) is 2.33. The maximum atomic E-state index is 11.8. The number of hydrogen-bond acceptors (Lipinski definition) is 2. The molecule has 1 heterocycles. The second-order valence-corrected chi connectivity index (χ2v) is 5.35. The number of halogens is 1. The minimum absolute atomic E-state index is 0.0667. The zero-order valence-corrected chi connectivity index (χ0v) is 11.6. The SMILES string of the molecule is O=C1CN(c2ccc3cc(Br)ccc3c2)C(=O)CN1. The van der Waals surface area contributed by atoms with Crippen LogP contribution in [-0.2, 0) is 9.59 Å². The Kier molecular flexibility index (Phi) is 2.98. The van der Waals surface area contributed by atoms with Crippen molar-refractivity contribution in [3.8, 4) is 0 Å². The van der Waals surface area contributed by atoms with Crippen LogP contribution in [0.2, 0.25) is 0 Å². The Bertz CT molecular complexity index is 684. The normalized spacial score (nSPS) is 15.7. The Hall–Kier alpha value is -1.88. The maximum absolute atomic E-state index is 11.8. The predicted molar refractivity (Wildman–Crippen MR) is 77.0 cm³/mol. The number of rotatable bonds is 1. The van der Waals surface area contributed by atoms with Crippen molar-refractivity contribution in [2.45, 2.75) is 0 Å². The Morgan fingerprint density at radius 1 is 1.05 bits per heavy atom. The summed E-state index contributed by atoms with van der Waals surface area (Å²) in [4.78, 5) is 24.7. The molecule has 0 bridgehead atoms. The molecule has 0 spiro atoms. The summed E-state index contributed by atoms with van der Waals surface area (Å²) in [5.74, 6) is -0.216. The van der Waals surface area contributed by atoms with Gasteiger partial charge in [0.2, 0.25) is 11.8 Å². The van der Waals surface area contributed by atoms with Gasteiger partial charge in [0.25, 0.3) is 0 Å². The van der Waals surface area contributed by atoms with Crippen molar-refractivity contribution in [1.29, 1.82) is 0 Å². The Balaban J connectivity index is 2.03. The number of benzene rings is 2. The van der Waals surface area contributed by atoms with E-state index in [0.717, 1.165) is 20.9 Å². The van der Waals surface area contributed by atoms with Crippen molar-refractivity contribution in [2.75, 3.05) is 18.0 Å². The van der Waals surface area contributed by atoms with Crippen molar-refractivity contribution in [2.24, 2.45) is 0 Å². The molecule has 0 atom stereocenters. The highest BCUT2D eigenvalue weighted by molar-refractivity contribution is 9.10. The molecule has 1 fully saturated rings. The largest absolute Gasteiger partial charge is 0.345 e. The first kappa shape index (κ1) is 12.2. The molecule has 0 unspecified atom stereocenters. The lowest BCUT2D eigenvalue weighted by atomic mass is 10.1. The average molecular weight is 319 g/mol. The van der Waals surface area contributed by atoms with E-state index in [0.29, 0.717) is 0 Å². The fourth-order valence-corrected chi connectivity index (χ4v) is 2.54. The number of carbonyl (C=O) groups is 2. The van der Waals surface area contributed by atoms with Gasteiger partial charge >= 0.3 is 0 Å². The van der Waals surface area contributed by atoms with E-state index in [2.05, 4.69) is 21.2 Å². The third-order valence-electron chi connectivity index (χ3n) is 3.14. The molecule has 3 rings (SSSR count). The van der Waals surface area contributed by atoms with Crippen LogP contribution < -0.4 is 10.2 Å². The van der Waals surface area contributed by atoms with Crippen LogP contribution in [0.15, 0.2) is 40.9 Å². The third-order valence-corrected chi connectivity index (χ3v) is 3.63. The minimum Gasteiger partial charge on any atom is -0.345 e. The smallest absolute Gasteiger partial charge is 0.246 e. The molecular formula is C14H11BrN2O2. The van der Waals surface area contributed by atoms with Crippen LogP contribution in [-0.4, -0.2) is 24.9 Å². The standard InChI is InChI=1S/C14H11BrN2O2/c15-11-3-1-10-6-12(4-2-9(10)5-11)17-8-13(18)16-7-14(17)19/h1-6H,7-8H2,(H,16,18). The van der Waals surface area contributed by atoms with Gasteiger partial charge in [0.05, 0.1) is 6.54 Å². The fourth-order valence-electron chi connectivity index (χ4n) is 2.16. The van der Waals surface area contributed by atoms with Crippen LogP contribution >= 0.6 is 15.9 Å². The lowest BCUT2D eigenvalue weighted by molar-refractivity contribution is -0.128. The molecule has 96 valence electrons. The first-order chi connectivity index (χ1) is 9.13. The first-order valence-corrected chi connectivity index (χ1v) is 6.69. The minimum atomic E-state index is -0.129. The van der Waals surface area contributed by atoms with Crippen molar-refractivity contribution >= 4 is 44.2 Å². The summed E-state index contributed by atoms with van der Waals surface area (Å²) < 4.78 is 1.01. The molecule has 2 aromatic carbocycles. The second kappa shape index (κ2) is 4.66. The highest BCUT2D eigenvalue weighted by atomic mass is 79.9. The van der Waals surface area contributed by atoms with E-state index < -0.39 is 0 Å². The Morgan fingerprint density at radius 2 is 1.79 bits per heavy atom. The number of hydrogen-bond donors (Lipinski definition) is 1. The summed E-state index contributed by atoms with van der Waals surface area (Å²) in [5.41, 5.74) is 0.759. The van der Waals surface area contributed by atoms with Gasteiger partial charge < -0.3 is 10.2 Å². The molecule has 0 aliphatic carbocycles. The van der Waals surface area contributed by atoms with Gasteiger partial charge in [0.15, 0.2) is 0 Å². The number of piperazine rings is 1. The summed E-state index contributed by atoms with van der Waals surface area (Å²) in [6, 6.07) is 11.7. The molecule has 1 N–H and O–H groups in total. The fraction of sp³-hybridized carbons (Fsp3) is 0.143. The predicted octanol–water partition coefficient (Wildman–Crippen LogP) is 2.07. The van der Waals surface area contributed by atoms with E-state index in [1.54, 1.807) is 0 Å². The Labute approximate surface area is 118 Å². The summed E-state index contributed by atoms with van der Waals surface area (Å²) in [7, 11) is 0. The van der Waals surface area contributed by atoms with Crippen molar-refractivity contribution < 1.29 is 9.59 Å². The van der Waals surface area contributed by atoms with Crippen LogP contribution in [0.4, 0.5) is 5.69 Å². The monoisotopic (exact) mass is 318 g/mol. The molecule has 2 aromatic rings. The van der Waals surface area contributed by atoms with Gasteiger partial charge in [-0.15, -0.1) is 0 Å². The van der Waals surface area contributed by atoms with Crippen LogP contribution in [0.1, 0.15) is 0 Å². The molecule has 2 amide bonds. The van der Waals surface area contributed by atoms with Gasteiger partial charge in [0, 0.05) is 10.2 Å². The van der Waals surface area contributed by atoms with E-state index in [-0.39, 0.29) is 24.9 Å². The maximum Gasteiger partial charge on any atom is 0.246 e. The van der Waals surface area contributed by atoms with Crippen molar-refractivity contribution in [3.05, 3.63) is 40.9 Å². The number of fused-ring (bicyclic) bond motifs is 1. The van der Waals surface area contributed by atoms with E-state index >= 15 is 0 Å². The molecule has 1 aliphatic heterocycles. The average Bonchev–Trinajstić information content (AvgIpc) is 2.41. The van der Waals surface area contributed by atoms with Gasteiger partial charge in [-0.3, -0.25) is 9.59 Å². The molecule has 4 nitrogen and oxygen atoms in total. The van der Waals surface area contributed by atoms with E-state index in [9.17, 15) is 9.59 Å². The van der Waals surface area contributed by atoms with E-state index in [1.807, 2.05) is 36.4 Å². The number of nitrogens with zero attached hydrogens (tertiary/aromatic N) is 1. The number of carbonyl (C=O) groups excluding carboxylic acids is 2. The molecule has 0 radical (unpaired) electrons. The van der Waals surface area contributed by atoms with E-state index in [1.165, 1.54) is 4.90 Å². The quantitative estimate of drug-likeness (QED) is 0.875. The second-order valence-electron chi connectivity index (χ2n) is 4.43. The van der Waals surface area contributed by atoms with Crippen LogP contribution in [0.5, 0.6) is 0 Å². The number of amides is 2. The van der Waals surface area contributed by atoms with Gasteiger partial charge in [-0.25, -0.2) is 0 Å². The summed E-state index contributed by atoms with van der Waals surface area (Å²) in [5, 5.41) is 4.67. The summed E-state index contributed by atoms with van der Waals surface area (Å²) in [6.45, 7) is 0.151. The number of nitrogens with one attached hydrogen (secondary N) is 1. The summed E-state index contributed by atoms with van der Waals surface area (Å²) >= 11 is 3.43. The highest BCUT2D eigenvalue weighted by Crippen LogP contribution is 2.25. The zero-order valence-electron chi connectivity index (χ0n) is 10.0.